The zero-order valence-corrected chi connectivity index (χ0v) is 11.6. The van der Waals surface area contributed by atoms with E-state index in [0.717, 1.165) is 0 Å². The topological polar surface area (TPSA) is 83.5 Å². The maximum atomic E-state index is 12.1. The van der Waals surface area contributed by atoms with E-state index in [9.17, 15) is 13.2 Å². The Kier molecular flexibility index (Phi) is 4.13. The molecule has 19 heavy (non-hydrogen) atoms. The number of nitrogens with one attached hydrogen (secondary N) is 1. The highest BCUT2D eigenvalue weighted by atomic mass is 35.5. The molecule has 0 aromatic heterocycles. The number of carbonyl (C=O) groups is 1. The van der Waals surface area contributed by atoms with Gasteiger partial charge in [0.05, 0.1) is 10.8 Å². The summed E-state index contributed by atoms with van der Waals surface area (Å²) in [5, 5.41) is 9.23. The Balaban J connectivity index is 2.09. The number of hydrogen-bond donors (Lipinski definition) is 2. The summed E-state index contributed by atoms with van der Waals surface area (Å²) in [4.78, 5) is 10.9. The molecule has 0 bridgehead atoms. The van der Waals surface area contributed by atoms with E-state index in [1.54, 1.807) is 12.1 Å². The molecule has 0 aliphatic heterocycles. The number of sulfonamides is 1. The summed E-state index contributed by atoms with van der Waals surface area (Å²) in [5.41, 5.74) is 0. The van der Waals surface area contributed by atoms with Gasteiger partial charge in [0.1, 0.15) is 0 Å². The summed E-state index contributed by atoms with van der Waals surface area (Å²) in [5.74, 6) is -1.34. The molecule has 1 saturated carbocycles. The lowest BCUT2D eigenvalue weighted by Crippen LogP contribution is -2.33. The quantitative estimate of drug-likeness (QED) is 0.889. The molecule has 5 nitrogen and oxygen atoms in total. The van der Waals surface area contributed by atoms with Crippen LogP contribution in [0.15, 0.2) is 29.2 Å². The molecule has 0 radical (unpaired) electrons. The van der Waals surface area contributed by atoms with Gasteiger partial charge < -0.3 is 5.11 Å². The van der Waals surface area contributed by atoms with Crippen LogP contribution in [0.4, 0.5) is 0 Å². The van der Waals surface area contributed by atoms with Crippen molar-refractivity contribution in [3.8, 4) is 0 Å². The van der Waals surface area contributed by atoms with Crippen LogP contribution in [0.1, 0.15) is 19.3 Å². The lowest BCUT2D eigenvalue weighted by atomic mass is 10.1. The van der Waals surface area contributed by atoms with Crippen LogP contribution in [-0.2, 0) is 14.8 Å². The maximum Gasteiger partial charge on any atom is 0.306 e. The molecule has 104 valence electrons. The molecule has 2 atom stereocenters. The van der Waals surface area contributed by atoms with Gasteiger partial charge in [-0.2, -0.15) is 0 Å². The Bertz CT molecular complexity index is 587. The highest BCUT2D eigenvalue weighted by Gasteiger charge is 2.32. The summed E-state index contributed by atoms with van der Waals surface area (Å²) in [6, 6.07) is 5.65. The molecule has 7 heteroatoms. The monoisotopic (exact) mass is 303 g/mol. The number of benzene rings is 1. The lowest BCUT2D eigenvalue weighted by Gasteiger charge is -2.13. The average Bonchev–Trinajstić information content (AvgIpc) is 2.77. The standard InChI is InChI=1S/C12H14ClNO4S/c13-9-2-1-3-11(7-9)19(17,18)14-10-5-4-8(6-10)12(15)16/h1-3,7-8,10,14H,4-6H2,(H,15,16)/t8-,10+/m1/s1. The predicted molar refractivity (Wildman–Crippen MR) is 70.5 cm³/mol. The van der Waals surface area contributed by atoms with Gasteiger partial charge in [0.25, 0.3) is 0 Å². The minimum atomic E-state index is -3.64. The van der Waals surface area contributed by atoms with Gasteiger partial charge in [-0.1, -0.05) is 17.7 Å². The number of hydrogen-bond acceptors (Lipinski definition) is 3. The summed E-state index contributed by atoms with van der Waals surface area (Å²) in [6.07, 6.45) is 1.37. The van der Waals surface area contributed by atoms with Crippen molar-refractivity contribution in [1.29, 1.82) is 0 Å². The maximum absolute atomic E-state index is 12.1. The Labute approximate surface area is 116 Å². The summed E-state index contributed by atoms with van der Waals surface area (Å²) < 4.78 is 26.7. The third kappa shape index (κ3) is 3.46. The summed E-state index contributed by atoms with van der Waals surface area (Å²) in [7, 11) is -3.64. The van der Waals surface area contributed by atoms with Crippen molar-refractivity contribution in [3.63, 3.8) is 0 Å². The van der Waals surface area contributed by atoms with E-state index < -0.39 is 21.9 Å². The predicted octanol–water partition coefficient (Wildman–Crippen LogP) is 1.87. The van der Waals surface area contributed by atoms with Crippen molar-refractivity contribution in [3.05, 3.63) is 29.3 Å². The van der Waals surface area contributed by atoms with E-state index in [-0.39, 0.29) is 10.9 Å². The molecule has 1 aliphatic carbocycles. The van der Waals surface area contributed by atoms with Crippen LogP contribution in [0, 0.1) is 5.92 Å². The first kappa shape index (κ1) is 14.3. The minimum Gasteiger partial charge on any atom is -0.481 e. The molecular formula is C12H14ClNO4S. The van der Waals surface area contributed by atoms with Crippen LogP contribution in [0.5, 0.6) is 0 Å². The molecule has 0 amide bonds. The third-order valence-corrected chi connectivity index (χ3v) is 4.96. The first-order valence-corrected chi connectivity index (χ1v) is 7.75. The van der Waals surface area contributed by atoms with Gasteiger partial charge in [0.2, 0.25) is 10.0 Å². The summed E-state index contributed by atoms with van der Waals surface area (Å²) >= 11 is 5.76. The molecule has 1 aliphatic rings. The van der Waals surface area contributed by atoms with Gasteiger partial charge in [-0.05, 0) is 37.5 Å². The molecule has 2 N–H and O–H groups in total. The summed E-state index contributed by atoms with van der Waals surface area (Å²) in [6.45, 7) is 0. The molecule has 2 rings (SSSR count). The third-order valence-electron chi connectivity index (χ3n) is 3.21. The van der Waals surface area contributed by atoms with Gasteiger partial charge in [-0.25, -0.2) is 13.1 Å². The van der Waals surface area contributed by atoms with Crippen LogP contribution in [0.25, 0.3) is 0 Å². The Morgan fingerprint density at radius 3 is 2.68 bits per heavy atom. The van der Waals surface area contributed by atoms with E-state index in [0.29, 0.717) is 24.3 Å². The molecule has 0 saturated heterocycles. The first-order chi connectivity index (χ1) is 8.88. The normalized spacial score (nSPS) is 23.4. The number of rotatable bonds is 4. The van der Waals surface area contributed by atoms with Gasteiger partial charge >= 0.3 is 5.97 Å². The molecule has 1 fully saturated rings. The number of halogens is 1. The number of aliphatic carboxylic acids is 1. The fraction of sp³-hybridized carbons (Fsp3) is 0.417. The van der Waals surface area contributed by atoms with E-state index in [1.165, 1.54) is 12.1 Å². The van der Waals surface area contributed by atoms with Crippen molar-refractivity contribution in [2.75, 3.05) is 0 Å². The average molecular weight is 304 g/mol. The SMILES string of the molecule is O=C(O)[C@@H]1CC[C@H](NS(=O)(=O)c2cccc(Cl)c2)C1. The van der Waals surface area contributed by atoms with Crippen molar-refractivity contribution in [1.82, 2.24) is 4.72 Å². The van der Waals surface area contributed by atoms with Gasteiger partial charge in [-0.15, -0.1) is 0 Å². The van der Waals surface area contributed by atoms with Crippen LogP contribution in [0.3, 0.4) is 0 Å². The number of carboxylic acids is 1. The molecule has 1 aromatic carbocycles. The first-order valence-electron chi connectivity index (χ1n) is 5.89. The number of carboxylic acid groups (broad SMARTS) is 1. The fourth-order valence-corrected chi connectivity index (χ4v) is 3.82. The molecule has 0 heterocycles. The van der Waals surface area contributed by atoms with Crippen LogP contribution in [0.2, 0.25) is 5.02 Å². The van der Waals surface area contributed by atoms with Gasteiger partial charge in [-0.3, -0.25) is 4.79 Å². The van der Waals surface area contributed by atoms with E-state index in [2.05, 4.69) is 4.72 Å². The van der Waals surface area contributed by atoms with E-state index in [1.807, 2.05) is 0 Å². The van der Waals surface area contributed by atoms with Crippen molar-refractivity contribution < 1.29 is 18.3 Å². The van der Waals surface area contributed by atoms with Crippen molar-refractivity contribution in [2.24, 2.45) is 5.92 Å². The van der Waals surface area contributed by atoms with Gasteiger partial charge in [0, 0.05) is 11.1 Å². The molecule has 1 aromatic rings. The Hall–Kier alpha value is -1.11. The molecular weight excluding hydrogens is 290 g/mol. The van der Waals surface area contributed by atoms with Crippen LogP contribution in [-0.4, -0.2) is 25.5 Å². The molecule has 0 unspecified atom stereocenters. The smallest absolute Gasteiger partial charge is 0.306 e. The highest BCUT2D eigenvalue weighted by Crippen LogP contribution is 2.27. The zero-order chi connectivity index (χ0) is 14.0. The Morgan fingerprint density at radius 1 is 1.37 bits per heavy atom. The van der Waals surface area contributed by atoms with Crippen LogP contribution < -0.4 is 4.72 Å². The van der Waals surface area contributed by atoms with Crippen molar-refractivity contribution >= 4 is 27.6 Å². The van der Waals surface area contributed by atoms with E-state index >= 15 is 0 Å². The Morgan fingerprint density at radius 2 is 2.11 bits per heavy atom. The van der Waals surface area contributed by atoms with Crippen LogP contribution >= 0.6 is 11.6 Å². The lowest BCUT2D eigenvalue weighted by molar-refractivity contribution is -0.141. The van der Waals surface area contributed by atoms with Gasteiger partial charge in [0.15, 0.2) is 0 Å². The fourth-order valence-electron chi connectivity index (χ4n) is 2.23. The minimum absolute atomic E-state index is 0.0961. The largest absolute Gasteiger partial charge is 0.481 e. The zero-order valence-electron chi connectivity index (χ0n) is 10.0. The highest BCUT2D eigenvalue weighted by molar-refractivity contribution is 7.89. The molecule has 0 spiro atoms. The second-order valence-electron chi connectivity index (χ2n) is 4.62. The van der Waals surface area contributed by atoms with E-state index in [4.69, 9.17) is 16.7 Å². The second-order valence-corrected chi connectivity index (χ2v) is 6.77. The van der Waals surface area contributed by atoms with Crippen molar-refractivity contribution in [2.45, 2.75) is 30.2 Å². The second kappa shape index (κ2) is 5.48.